The maximum atomic E-state index is 13.5. The number of anilines is 1. The average molecular weight is 401 g/mol. The second-order valence-electron chi connectivity index (χ2n) is 5.97. The lowest BCUT2D eigenvalue weighted by atomic mass is 10.1. The first-order valence-corrected chi connectivity index (χ1v) is 8.80. The molecule has 0 aliphatic carbocycles. The second-order valence-corrected chi connectivity index (χ2v) is 5.97. The van der Waals surface area contributed by atoms with E-state index < -0.39 is 17.6 Å². The molecule has 0 fully saturated rings. The normalized spacial score (nSPS) is 11.6. The molecule has 2 aromatic carbocycles. The van der Waals surface area contributed by atoms with E-state index in [1.807, 2.05) is 6.92 Å². The monoisotopic (exact) mass is 401 g/mol. The molecular formula is C21H18F3N3O2. The molecule has 8 heteroatoms. The molecule has 5 nitrogen and oxygen atoms in total. The third kappa shape index (κ3) is 5.04. The fourth-order valence-electron chi connectivity index (χ4n) is 2.68. The van der Waals surface area contributed by atoms with Crippen LogP contribution in [0.5, 0.6) is 5.75 Å². The van der Waals surface area contributed by atoms with Crippen molar-refractivity contribution in [1.82, 2.24) is 9.78 Å². The van der Waals surface area contributed by atoms with Crippen molar-refractivity contribution in [2.24, 2.45) is 0 Å². The standard InChI is InChI=1S/C21H18F3N3O2/c1-2-29-19-7-4-3-6-15(19)8-11-20(28)26-18-10-9-16(27-13-5-12-25-27)14-17(18)21(22,23)24/h3-14H,2H2,1H3,(H,26,28)/b11-8+. The van der Waals surface area contributed by atoms with Gasteiger partial charge in [-0.25, -0.2) is 4.68 Å². The van der Waals surface area contributed by atoms with Gasteiger partial charge < -0.3 is 10.1 Å². The van der Waals surface area contributed by atoms with Gasteiger partial charge in [-0.3, -0.25) is 4.79 Å². The summed E-state index contributed by atoms with van der Waals surface area (Å²) in [7, 11) is 0. The van der Waals surface area contributed by atoms with Crippen LogP contribution in [-0.2, 0) is 11.0 Å². The first-order chi connectivity index (χ1) is 13.9. The summed E-state index contributed by atoms with van der Waals surface area (Å²) in [5, 5.41) is 6.22. The molecule has 3 aromatic rings. The van der Waals surface area contributed by atoms with Crippen LogP contribution in [0.3, 0.4) is 0 Å². The van der Waals surface area contributed by atoms with Gasteiger partial charge in [-0.15, -0.1) is 0 Å². The molecule has 1 heterocycles. The van der Waals surface area contributed by atoms with Crippen molar-refractivity contribution in [2.45, 2.75) is 13.1 Å². The third-order valence-corrected chi connectivity index (χ3v) is 3.97. The number of para-hydroxylation sites is 1. The molecule has 0 radical (unpaired) electrons. The van der Waals surface area contributed by atoms with Gasteiger partial charge in [0, 0.05) is 24.0 Å². The maximum Gasteiger partial charge on any atom is 0.418 e. The second kappa shape index (κ2) is 8.64. The number of ether oxygens (including phenoxy) is 1. The Balaban J connectivity index is 1.83. The van der Waals surface area contributed by atoms with E-state index in [-0.39, 0.29) is 11.4 Å². The Labute approximate surface area is 165 Å². The Morgan fingerprint density at radius 1 is 1.21 bits per heavy atom. The molecule has 0 aliphatic rings. The van der Waals surface area contributed by atoms with Crippen LogP contribution in [-0.4, -0.2) is 22.3 Å². The van der Waals surface area contributed by atoms with Gasteiger partial charge >= 0.3 is 6.18 Å². The van der Waals surface area contributed by atoms with Gasteiger partial charge in [0.25, 0.3) is 0 Å². The van der Waals surface area contributed by atoms with E-state index in [9.17, 15) is 18.0 Å². The fraction of sp³-hybridized carbons (Fsp3) is 0.143. The highest BCUT2D eigenvalue weighted by Gasteiger charge is 2.34. The molecule has 29 heavy (non-hydrogen) atoms. The van der Waals surface area contributed by atoms with Gasteiger partial charge in [-0.2, -0.15) is 18.3 Å². The zero-order valence-corrected chi connectivity index (χ0v) is 15.5. The van der Waals surface area contributed by atoms with E-state index >= 15 is 0 Å². The lowest BCUT2D eigenvalue weighted by Gasteiger charge is -2.15. The van der Waals surface area contributed by atoms with E-state index in [4.69, 9.17) is 4.74 Å². The van der Waals surface area contributed by atoms with E-state index in [1.165, 1.54) is 41.4 Å². The van der Waals surface area contributed by atoms with E-state index in [2.05, 4.69) is 10.4 Å². The minimum absolute atomic E-state index is 0.238. The largest absolute Gasteiger partial charge is 0.493 e. The van der Waals surface area contributed by atoms with Gasteiger partial charge in [0.05, 0.1) is 23.5 Å². The fourth-order valence-corrected chi connectivity index (χ4v) is 2.68. The average Bonchev–Trinajstić information content (AvgIpc) is 3.22. The molecule has 3 rings (SSSR count). The SMILES string of the molecule is CCOc1ccccc1/C=C/C(=O)Nc1ccc(-n2cccn2)cc1C(F)(F)F. The molecule has 1 aromatic heterocycles. The molecule has 1 N–H and O–H groups in total. The Kier molecular flexibility index (Phi) is 6.01. The number of rotatable bonds is 6. The van der Waals surface area contributed by atoms with Crippen LogP contribution in [0.15, 0.2) is 67.0 Å². The Morgan fingerprint density at radius 2 is 2.00 bits per heavy atom. The summed E-state index contributed by atoms with van der Waals surface area (Å²) in [5.74, 6) is -0.104. The van der Waals surface area contributed by atoms with Crippen molar-refractivity contribution in [1.29, 1.82) is 0 Å². The Hall–Kier alpha value is -3.55. The van der Waals surface area contributed by atoms with Crippen LogP contribution >= 0.6 is 0 Å². The van der Waals surface area contributed by atoms with Crippen LogP contribution in [0.4, 0.5) is 18.9 Å². The predicted molar refractivity (Wildman–Crippen MR) is 104 cm³/mol. The summed E-state index contributed by atoms with van der Waals surface area (Å²) in [6.45, 7) is 2.29. The number of nitrogens with zero attached hydrogens (tertiary/aromatic N) is 2. The van der Waals surface area contributed by atoms with Crippen molar-refractivity contribution in [3.63, 3.8) is 0 Å². The molecule has 1 amide bonds. The first-order valence-electron chi connectivity index (χ1n) is 8.80. The number of hydrogen-bond acceptors (Lipinski definition) is 3. The number of nitrogens with one attached hydrogen (secondary N) is 1. The number of alkyl halides is 3. The Morgan fingerprint density at radius 3 is 2.69 bits per heavy atom. The van der Waals surface area contributed by atoms with Crippen molar-refractivity contribution in [3.05, 3.63) is 78.1 Å². The molecule has 0 aliphatic heterocycles. The van der Waals surface area contributed by atoms with Crippen LogP contribution in [0.2, 0.25) is 0 Å². The number of carbonyl (C=O) groups excluding carboxylic acids is 1. The lowest BCUT2D eigenvalue weighted by Crippen LogP contribution is -2.15. The van der Waals surface area contributed by atoms with Crippen molar-refractivity contribution < 1.29 is 22.7 Å². The smallest absolute Gasteiger partial charge is 0.418 e. The molecule has 0 bridgehead atoms. The summed E-state index contributed by atoms with van der Waals surface area (Å²) in [4.78, 5) is 12.2. The highest BCUT2D eigenvalue weighted by atomic mass is 19.4. The molecule has 0 atom stereocenters. The van der Waals surface area contributed by atoms with E-state index in [0.29, 0.717) is 17.9 Å². The van der Waals surface area contributed by atoms with Crippen molar-refractivity contribution >= 4 is 17.7 Å². The minimum Gasteiger partial charge on any atom is -0.493 e. The molecule has 0 saturated heterocycles. The van der Waals surface area contributed by atoms with Gasteiger partial charge in [0.15, 0.2) is 0 Å². The highest BCUT2D eigenvalue weighted by Crippen LogP contribution is 2.36. The summed E-state index contributed by atoms with van der Waals surface area (Å²) >= 11 is 0. The summed E-state index contributed by atoms with van der Waals surface area (Å²) in [6.07, 6.45) is 1.02. The summed E-state index contributed by atoms with van der Waals surface area (Å²) in [6, 6.07) is 12.3. The summed E-state index contributed by atoms with van der Waals surface area (Å²) < 4.78 is 47.3. The quantitative estimate of drug-likeness (QED) is 0.595. The molecule has 150 valence electrons. The molecular weight excluding hydrogens is 383 g/mol. The van der Waals surface area contributed by atoms with Gasteiger partial charge in [-0.1, -0.05) is 18.2 Å². The summed E-state index contributed by atoms with van der Waals surface area (Å²) in [5.41, 5.74) is -0.404. The van der Waals surface area contributed by atoms with Crippen molar-refractivity contribution in [2.75, 3.05) is 11.9 Å². The van der Waals surface area contributed by atoms with Crippen molar-refractivity contribution in [3.8, 4) is 11.4 Å². The van der Waals surface area contributed by atoms with E-state index in [1.54, 1.807) is 30.3 Å². The van der Waals surface area contributed by atoms with Crippen LogP contribution < -0.4 is 10.1 Å². The topological polar surface area (TPSA) is 56.1 Å². The first kappa shape index (κ1) is 20.2. The zero-order chi connectivity index (χ0) is 20.9. The van der Waals surface area contributed by atoms with Gasteiger partial charge in [-0.05, 0) is 43.3 Å². The predicted octanol–water partition coefficient (Wildman–Crippen LogP) is 4.94. The third-order valence-electron chi connectivity index (χ3n) is 3.97. The number of aromatic nitrogens is 2. The number of amides is 1. The Bertz CT molecular complexity index is 1010. The maximum absolute atomic E-state index is 13.5. The number of halogens is 3. The lowest BCUT2D eigenvalue weighted by molar-refractivity contribution is -0.137. The van der Waals surface area contributed by atoms with Crippen LogP contribution in [0, 0.1) is 0 Å². The van der Waals surface area contributed by atoms with Gasteiger partial charge in [0.1, 0.15) is 5.75 Å². The highest BCUT2D eigenvalue weighted by molar-refractivity contribution is 6.02. The number of carbonyl (C=O) groups is 1. The molecule has 0 saturated carbocycles. The molecule has 0 unspecified atom stereocenters. The minimum atomic E-state index is -4.64. The number of hydrogen-bond donors (Lipinski definition) is 1. The van der Waals surface area contributed by atoms with E-state index in [0.717, 1.165) is 6.07 Å². The van der Waals surface area contributed by atoms with Crippen LogP contribution in [0.25, 0.3) is 11.8 Å². The van der Waals surface area contributed by atoms with Crippen LogP contribution in [0.1, 0.15) is 18.1 Å². The zero-order valence-electron chi connectivity index (χ0n) is 15.5. The number of benzene rings is 2. The van der Waals surface area contributed by atoms with Gasteiger partial charge in [0.2, 0.25) is 5.91 Å². The molecule has 0 spiro atoms.